The van der Waals surface area contributed by atoms with Gasteiger partial charge in [-0.15, -0.1) is 0 Å². The van der Waals surface area contributed by atoms with Gasteiger partial charge in [-0.05, 0) is 25.0 Å². The first-order valence-electron chi connectivity index (χ1n) is 7.09. The van der Waals surface area contributed by atoms with Gasteiger partial charge < -0.3 is 10.2 Å². The van der Waals surface area contributed by atoms with Crippen molar-refractivity contribution in [2.24, 2.45) is 0 Å². The number of nitrogens with one attached hydrogen (secondary N) is 1. The summed E-state index contributed by atoms with van der Waals surface area (Å²) in [5.74, 6) is 1.01. The summed E-state index contributed by atoms with van der Waals surface area (Å²) in [6.45, 7) is 0.300. The van der Waals surface area contributed by atoms with E-state index in [4.69, 9.17) is 0 Å². The molecule has 2 aromatic rings. The van der Waals surface area contributed by atoms with E-state index in [9.17, 15) is 13.2 Å². The van der Waals surface area contributed by atoms with Gasteiger partial charge in [0.1, 0.15) is 5.82 Å². The number of anilines is 3. The van der Waals surface area contributed by atoms with Gasteiger partial charge in [-0.25, -0.2) is 9.97 Å². The fourth-order valence-electron chi connectivity index (χ4n) is 2.79. The minimum absolute atomic E-state index is 0.0416. The Morgan fingerprint density at radius 3 is 2.59 bits per heavy atom. The van der Waals surface area contributed by atoms with Crippen molar-refractivity contribution in [1.29, 1.82) is 0 Å². The number of aromatic nitrogens is 2. The Hall–Kier alpha value is -2.31. The van der Waals surface area contributed by atoms with Gasteiger partial charge in [-0.3, -0.25) is 0 Å². The summed E-state index contributed by atoms with van der Waals surface area (Å²) in [6.07, 6.45) is 0.333. The van der Waals surface area contributed by atoms with E-state index in [2.05, 4.69) is 15.3 Å². The monoisotopic (exact) mass is 306 g/mol. The van der Waals surface area contributed by atoms with Crippen molar-refractivity contribution in [3.8, 4) is 0 Å². The SMILES string of the molecule is FC(F)(F)c1ccnc2c1NCc1cccnc1N2C1CC1. The maximum absolute atomic E-state index is 13.3. The quantitative estimate of drug-likeness (QED) is 0.872. The van der Waals surface area contributed by atoms with Crippen LogP contribution < -0.4 is 10.2 Å². The molecule has 1 aliphatic heterocycles. The second-order valence-corrected chi connectivity index (χ2v) is 5.50. The van der Waals surface area contributed by atoms with Crippen molar-refractivity contribution in [2.45, 2.75) is 31.6 Å². The van der Waals surface area contributed by atoms with Crippen molar-refractivity contribution in [2.75, 3.05) is 10.2 Å². The van der Waals surface area contributed by atoms with E-state index in [-0.39, 0.29) is 11.7 Å². The molecule has 4 rings (SSSR count). The van der Waals surface area contributed by atoms with Crippen LogP contribution in [0.5, 0.6) is 0 Å². The Morgan fingerprint density at radius 2 is 1.86 bits per heavy atom. The number of hydrogen-bond donors (Lipinski definition) is 1. The summed E-state index contributed by atoms with van der Waals surface area (Å²) in [6, 6.07) is 4.85. The van der Waals surface area contributed by atoms with Gasteiger partial charge >= 0.3 is 6.18 Å². The van der Waals surface area contributed by atoms with Gasteiger partial charge in [0.05, 0.1) is 11.3 Å². The lowest BCUT2D eigenvalue weighted by Gasteiger charge is -2.24. The molecule has 1 saturated carbocycles. The maximum atomic E-state index is 13.3. The van der Waals surface area contributed by atoms with Crippen LogP contribution >= 0.6 is 0 Å². The summed E-state index contributed by atoms with van der Waals surface area (Å²) < 4.78 is 39.8. The lowest BCUT2D eigenvalue weighted by Crippen LogP contribution is -2.23. The molecular formula is C15H13F3N4. The van der Waals surface area contributed by atoms with Crippen LogP contribution in [0.25, 0.3) is 0 Å². The van der Waals surface area contributed by atoms with Gasteiger partial charge in [0.15, 0.2) is 5.82 Å². The minimum atomic E-state index is -4.42. The van der Waals surface area contributed by atoms with Crippen molar-refractivity contribution in [3.05, 3.63) is 41.7 Å². The number of fused-ring (bicyclic) bond motifs is 2. The number of nitrogens with zero attached hydrogens (tertiary/aromatic N) is 3. The number of halogens is 3. The molecular weight excluding hydrogens is 293 g/mol. The predicted molar refractivity (Wildman–Crippen MR) is 76.0 cm³/mol. The van der Waals surface area contributed by atoms with Crippen LogP contribution in [-0.2, 0) is 12.7 Å². The zero-order valence-corrected chi connectivity index (χ0v) is 11.6. The highest BCUT2D eigenvalue weighted by atomic mass is 19.4. The van der Waals surface area contributed by atoms with Crippen LogP contribution in [0.1, 0.15) is 24.0 Å². The fourth-order valence-corrected chi connectivity index (χ4v) is 2.79. The van der Waals surface area contributed by atoms with Gasteiger partial charge in [0.25, 0.3) is 0 Å². The third kappa shape index (κ3) is 2.08. The highest BCUT2D eigenvalue weighted by Crippen LogP contribution is 2.46. The van der Waals surface area contributed by atoms with Crippen molar-refractivity contribution >= 4 is 17.3 Å². The highest BCUT2D eigenvalue weighted by Gasteiger charge is 2.40. The molecule has 2 aliphatic rings. The number of pyridine rings is 2. The third-order valence-corrected chi connectivity index (χ3v) is 3.93. The molecule has 1 aliphatic carbocycles. The molecule has 22 heavy (non-hydrogen) atoms. The van der Waals surface area contributed by atoms with E-state index in [0.717, 1.165) is 24.5 Å². The molecule has 0 bridgehead atoms. The summed E-state index contributed by atoms with van der Waals surface area (Å²) in [5, 5.41) is 2.90. The molecule has 0 atom stereocenters. The summed E-state index contributed by atoms with van der Waals surface area (Å²) in [5.41, 5.74) is 0.233. The van der Waals surface area contributed by atoms with E-state index in [1.165, 1.54) is 6.20 Å². The Balaban J connectivity index is 1.93. The lowest BCUT2D eigenvalue weighted by molar-refractivity contribution is -0.137. The summed E-state index contributed by atoms with van der Waals surface area (Å²) >= 11 is 0. The van der Waals surface area contributed by atoms with Crippen LogP contribution in [-0.4, -0.2) is 16.0 Å². The molecule has 114 valence electrons. The van der Waals surface area contributed by atoms with Gasteiger partial charge in [-0.1, -0.05) is 6.07 Å². The van der Waals surface area contributed by atoms with E-state index in [1.807, 2.05) is 11.0 Å². The molecule has 0 radical (unpaired) electrons. The molecule has 4 nitrogen and oxygen atoms in total. The first-order chi connectivity index (χ1) is 10.6. The smallest absolute Gasteiger partial charge is 0.377 e. The summed E-state index contributed by atoms with van der Waals surface area (Å²) in [4.78, 5) is 10.4. The van der Waals surface area contributed by atoms with Gasteiger partial charge in [-0.2, -0.15) is 13.2 Å². The first kappa shape index (κ1) is 13.4. The average Bonchev–Trinajstić information content (AvgIpc) is 3.30. The van der Waals surface area contributed by atoms with E-state index >= 15 is 0 Å². The summed E-state index contributed by atoms with van der Waals surface area (Å²) in [7, 11) is 0. The molecule has 7 heteroatoms. The molecule has 3 heterocycles. The fraction of sp³-hybridized carbons (Fsp3) is 0.333. The Labute approximate surface area is 125 Å². The molecule has 0 spiro atoms. The Kier molecular flexibility index (Phi) is 2.79. The maximum Gasteiger partial charge on any atom is 0.418 e. The van der Waals surface area contributed by atoms with Crippen LogP contribution in [0, 0.1) is 0 Å². The standard InChI is InChI=1S/C15H13F3N4/c16-15(17,18)11-5-7-20-14-12(11)21-8-9-2-1-6-19-13(9)22(14)10-3-4-10/h1-2,5-7,10,21H,3-4,8H2. The molecule has 0 amide bonds. The number of alkyl halides is 3. The highest BCUT2D eigenvalue weighted by molar-refractivity contribution is 5.79. The molecule has 0 aromatic carbocycles. The second kappa shape index (κ2) is 4.59. The third-order valence-electron chi connectivity index (χ3n) is 3.93. The van der Waals surface area contributed by atoms with Crippen molar-refractivity contribution in [3.63, 3.8) is 0 Å². The Morgan fingerprint density at radius 1 is 1.09 bits per heavy atom. The zero-order valence-electron chi connectivity index (χ0n) is 11.6. The molecule has 1 N–H and O–H groups in total. The molecule has 1 fully saturated rings. The lowest BCUT2D eigenvalue weighted by atomic mass is 10.2. The van der Waals surface area contributed by atoms with Crippen LogP contribution in [0.2, 0.25) is 0 Å². The van der Waals surface area contributed by atoms with Crippen LogP contribution in [0.3, 0.4) is 0 Å². The molecule has 2 aromatic heterocycles. The van der Waals surface area contributed by atoms with E-state index < -0.39 is 11.7 Å². The zero-order chi connectivity index (χ0) is 15.3. The molecule has 0 saturated heterocycles. The van der Waals surface area contributed by atoms with E-state index in [0.29, 0.717) is 18.2 Å². The van der Waals surface area contributed by atoms with Crippen molar-refractivity contribution < 1.29 is 13.2 Å². The number of rotatable bonds is 1. The minimum Gasteiger partial charge on any atom is -0.377 e. The van der Waals surface area contributed by atoms with Gasteiger partial charge in [0.2, 0.25) is 0 Å². The van der Waals surface area contributed by atoms with E-state index in [1.54, 1.807) is 12.3 Å². The normalized spacial score (nSPS) is 17.3. The Bertz CT molecular complexity index is 725. The average molecular weight is 306 g/mol. The van der Waals surface area contributed by atoms with Crippen LogP contribution in [0.4, 0.5) is 30.5 Å². The van der Waals surface area contributed by atoms with Crippen molar-refractivity contribution in [1.82, 2.24) is 9.97 Å². The first-order valence-corrected chi connectivity index (χ1v) is 7.09. The molecule has 0 unspecified atom stereocenters. The van der Waals surface area contributed by atoms with Crippen LogP contribution in [0.15, 0.2) is 30.6 Å². The largest absolute Gasteiger partial charge is 0.418 e. The number of hydrogen-bond acceptors (Lipinski definition) is 4. The topological polar surface area (TPSA) is 41.1 Å². The second-order valence-electron chi connectivity index (χ2n) is 5.50. The predicted octanol–water partition coefficient (Wildman–Crippen LogP) is 3.72. The van der Waals surface area contributed by atoms with Gasteiger partial charge in [0, 0.05) is 30.5 Å².